The average Bonchev–Trinajstić information content (AvgIpc) is 3.08. The molecule has 2 unspecified atom stereocenters. The molecular formula is C17H28N2S. The second kappa shape index (κ2) is 5.78. The molecule has 0 aliphatic carbocycles. The smallest absolute Gasteiger partial charge is 0.0331 e. The Bertz CT molecular complexity index is 440. The van der Waals surface area contributed by atoms with Crippen molar-refractivity contribution >= 4 is 11.3 Å². The second-order valence-electron chi connectivity index (χ2n) is 7.40. The Morgan fingerprint density at radius 2 is 2.10 bits per heavy atom. The van der Waals surface area contributed by atoms with Gasteiger partial charge < -0.3 is 5.32 Å². The summed E-state index contributed by atoms with van der Waals surface area (Å²) in [5.41, 5.74) is 0.292. The van der Waals surface area contributed by atoms with Crippen LogP contribution in [0.3, 0.4) is 0 Å². The topological polar surface area (TPSA) is 15.3 Å². The Labute approximate surface area is 127 Å². The molecule has 2 nitrogen and oxygen atoms in total. The van der Waals surface area contributed by atoms with E-state index in [4.69, 9.17) is 0 Å². The number of nitrogens with zero attached hydrogens (tertiary/aromatic N) is 1. The van der Waals surface area contributed by atoms with Crippen molar-refractivity contribution in [1.82, 2.24) is 10.2 Å². The second-order valence-corrected chi connectivity index (χ2v) is 8.57. The number of nitrogens with one attached hydrogen (secondary N) is 1. The highest BCUT2D eigenvalue weighted by atomic mass is 32.1. The standard InChI is InChI=1S/C17H28N2S/c1-17(2,3)16-9-8-13(20-16)12-19-11-5-7-15(19)14-6-4-10-18-14/h8-9,14-15,18H,4-7,10-12H2,1-3H3. The van der Waals surface area contributed by atoms with E-state index in [-0.39, 0.29) is 0 Å². The molecule has 112 valence electrons. The van der Waals surface area contributed by atoms with Crippen LogP contribution in [-0.2, 0) is 12.0 Å². The fourth-order valence-corrected chi connectivity index (χ4v) is 4.70. The van der Waals surface area contributed by atoms with Gasteiger partial charge in [-0.05, 0) is 56.3 Å². The molecule has 1 aromatic rings. The van der Waals surface area contributed by atoms with Crippen molar-refractivity contribution in [3.8, 4) is 0 Å². The molecule has 0 radical (unpaired) electrons. The molecule has 3 heterocycles. The number of thiophene rings is 1. The quantitative estimate of drug-likeness (QED) is 0.912. The van der Waals surface area contributed by atoms with Gasteiger partial charge in [0.2, 0.25) is 0 Å². The molecule has 0 spiro atoms. The van der Waals surface area contributed by atoms with Gasteiger partial charge in [-0.2, -0.15) is 0 Å². The monoisotopic (exact) mass is 292 g/mol. The zero-order valence-electron chi connectivity index (χ0n) is 13.1. The highest BCUT2D eigenvalue weighted by molar-refractivity contribution is 7.12. The van der Waals surface area contributed by atoms with Crippen molar-refractivity contribution in [3.63, 3.8) is 0 Å². The van der Waals surface area contributed by atoms with E-state index in [9.17, 15) is 0 Å². The van der Waals surface area contributed by atoms with Gasteiger partial charge in [0.15, 0.2) is 0 Å². The number of rotatable bonds is 3. The van der Waals surface area contributed by atoms with Crippen LogP contribution in [0, 0.1) is 0 Å². The van der Waals surface area contributed by atoms with Gasteiger partial charge in [-0.15, -0.1) is 11.3 Å². The maximum absolute atomic E-state index is 3.71. The van der Waals surface area contributed by atoms with Gasteiger partial charge in [-0.25, -0.2) is 0 Å². The van der Waals surface area contributed by atoms with Gasteiger partial charge in [-0.3, -0.25) is 4.90 Å². The zero-order chi connectivity index (χ0) is 14.2. The Balaban J connectivity index is 1.65. The summed E-state index contributed by atoms with van der Waals surface area (Å²) < 4.78 is 0. The van der Waals surface area contributed by atoms with Crippen LogP contribution in [0.5, 0.6) is 0 Å². The average molecular weight is 292 g/mol. The molecule has 0 saturated carbocycles. The van der Waals surface area contributed by atoms with Crippen LogP contribution >= 0.6 is 11.3 Å². The third-order valence-corrected chi connectivity index (χ3v) is 6.23. The van der Waals surface area contributed by atoms with E-state index in [1.165, 1.54) is 43.6 Å². The van der Waals surface area contributed by atoms with Crippen LogP contribution in [0.25, 0.3) is 0 Å². The lowest BCUT2D eigenvalue weighted by Gasteiger charge is -2.29. The summed E-state index contributed by atoms with van der Waals surface area (Å²) in [6.45, 7) is 10.6. The third-order valence-electron chi connectivity index (χ3n) is 4.74. The van der Waals surface area contributed by atoms with E-state index in [0.29, 0.717) is 5.41 Å². The molecule has 1 N–H and O–H groups in total. The van der Waals surface area contributed by atoms with E-state index in [1.54, 1.807) is 4.88 Å². The fraction of sp³-hybridized carbons (Fsp3) is 0.765. The SMILES string of the molecule is CC(C)(C)c1ccc(CN2CCCC2C2CCCN2)s1. The van der Waals surface area contributed by atoms with Gasteiger partial charge in [0.25, 0.3) is 0 Å². The first-order valence-corrected chi connectivity index (χ1v) is 8.92. The van der Waals surface area contributed by atoms with Crippen LogP contribution < -0.4 is 5.32 Å². The molecule has 2 aliphatic rings. The van der Waals surface area contributed by atoms with E-state index < -0.39 is 0 Å². The lowest BCUT2D eigenvalue weighted by Crippen LogP contribution is -2.43. The molecule has 20 heavy (non-hydrogen) atoms. The summed E-state index contributed by atoms with van der Waals surface area (Å²) in [6.07, 6.45) is 5.50. The normalized spacial score (nSPS) is 28.4. The van der Waals surface area contributed by atoms with E-state index >= 15 is 0 Å². The van der Waals surface area contributed by atoms with Gasteiger partial charge in [0.05, 0.1) is 0 Å². The van der Waals surface area contributed by atoms with Crippen molar-refractivity contribution in [2.24, 2.45) is 0 Å². The minimum Gasteiger partial charge on any atom is -0.312 e. The first-order valence-electron chi connectivity index (χ1n) is 8.11. The Hall–Kier alpha value is -0.380. The molecule has 3 heteroatoms. The summed E-state index contributed by atoms with van der Waals surface area (Å²) in [4.78, 5) is 5.78. The van der Waals surface area contributed by atoms with Crippen molar-refractivity contribution in [2.75, 3.05) is 13.1 Å². The summed E-state index contributed by atoms with van der Waals surface area (Å²) in [5, 5.41) is 3.71. The van der Waals surface area contributed by atoms with Crippen LogP contribution in [-0.4, -0.2) is 30.1 Å². The Kier molecular flexibility index (Phi) is 4.21. The first kappa shape index (κ1) is 14.6. The van der Waals surface area contributed by atoms with Crippen molar-refractivity contribution in [3.05, 3.63) is 21.9 Å². The molecule has 0 aromatic carbocycles. The summed E-state index contributed by atoms with van der Waals surface area (Å²) in [5.74, 6) is 0. The van der Waals surface area contributed by atoms with Crippen LogP contribution in [0.15, 0.2) is 12.1 Å². The lowest BCUT2D eigenvalue weighted by molar-refractivity contribution is 0.208. The lowest BCUT2D eigenvalue weighted by atomic mass is 9.95. The van der Waals surface area contributed by atoms with Crippen molar-refractivity contribution < 1.29 is 0 Å². The highest BCUT2D eigenvalue weighted by Crippen LogP contribution is 2.32. The largest absolute Gasteiger partial charge is 0.312 e. The summed E-state index contributed by atoms with van der Waals surface area (Å²) in [6, 6.07) is 6.21. The van der Waals surface area contributed by atoms with Gasteiger partial charge in [0, 0.05) is 28.4 Å². The Morgan fingerprint density at radius 3 is 2.75 bits per heavy atom. The maximum Gasteiger partial charge on any atom is 0.0331 e. The zero-order valence-corrected chi connectivity index (χ0v) is 13.9. The molecule has 0 bridgehead atoms. The minimum atomic E-state index is 0.292. The molecule has 3 rings (SSSR count). The molecule has 2 atom stereocenters. The van der Waals surface area contributed by atoms with E-state index in [2.05, 4.69) is 43.1 Å². The molecule has 2 saturated heterocycles. The number of likely N-dealkylation sites (tertiary alicyclic amines) is 1. The van der Waals surface area contributed by atoms with Gasteiger partial charge in [-0.1, -0.05) is 20.8 Å². The van der Waals surface area contributed by atoms with E-state index in [1.807, 2.05) is 11.3 Å². The van der Waals surface area contributed by atoms with Crippen molar-refractivity contribution in [1.29, 1.82) is 0 Å². The third kappa shape index (κ3) is 3.10. The van der Waals surface area contributed by atoms with Gasteiger partial charge >= 0.3 is 0 Å². The first-order chi connectivity index (χ1) is 9.54. The van der Waals surface area contributed by atoms with Crippen molar-refractivity contribution in [2.45, 2.75) is 70.5 Å². The highest BCUT2D eigenvalue weighted by Gasteiger charge is 2.33. The predicted octanol–water partition coefficient (Wildman–Crippen LogP) is 3.76. The van der Waals surface area contributed by atoms with Crippen LogP contribution in [0.1, 0.15) is 56.2 Å². The fourth-order valence-electron chi connectivity index (χ4n) is 3.61. The van der Waals surface area contributed by atoms with E-state index in [0.717, 1.165) is 18.6 Å². The van der Waals surface area contributed by atoms with Crippen LogP contribution in [0.2, 0.25) is 0 Å². The Morgan fingerprint density at radius 1 is 1.25 bits per heavy atom. The molecular weight excluding hydrogens is 264 g/mol. The number of hydrogen-bond acceptors (Lipinski definition) is 3. The summed E-state index contributed by atoms with van der Waals surface area (Å²) >= 11 is 2.01. The van der Waals surface area contributed by atoms with Gasteiger partial charge in [0.1, 0.15) is 0 Å². The molecule has 0 amide bonds. The predicted molar refractivity (Wildman–Crippen MR) is 87.5 cm³/mol. The maximum atomic E-state index is 3.71. The molecule has 2 aliphatic heterocycles. The molecule has 2 fully saturated rings. The van der Waals surface area contributed by atoms with Crippen LogP contribution in [0.4, 0.5) is 0 Å². The molecule has 1 aromatic heterocycles. The number of hydrogen-bond donors (Lipinski definition) is 1. The summed E-state index contributed by atoms with van der Waals surface area (Å²) in [7, 11) is 0. The minimum absolute atomic E-state index is 0.292.